The summed E-state index contributed by atoms with van der Waals surface area (Å²) in [4.78, 5) is 15.5. The maximum atomic E-state index is 12.5. The van der Waals surface area contributed by atoms with E-state index in [1.54, 1.807) is 11.3 Å². The number of carbonyl (C=O) groups excluding carboxylic acids is 1. The first-order valence-electron chi connectivity index (χ1n) is 7.74. The van der Waals surface area contributed by atoms with E-state index in [1.165, 1.54) is 4.88 Å². The molecule has 1 aliphatic heterocycles. The van der Waals surface area contributed by atoms with Crippen LogP contribution in [0.3, 0.4) is 0 Å². The first-order chi connectivity index (χ1) is 11.3. The molecule has 3 rings (SSSR count). The smallest absolute Gasteiger partial charge is 0.322 e. The number of hydrogen-bond donors (Lipinski definition) is 1. The summed E-state index contributed by atoms with van der Waals surface area (Å²) in [5.74, 6) is 1.40. The molecule has 122 valence electrons. The van der Waals surface area contributed by atoms with Crippen LogP contribution in [0.2, 0.25) is 0 Å². The van der Waals surface area contributed by atoms with E-state index in [9.17, 15) is 4.79 Å². The number of amides is 2. The second-order valence-corrected chi connectivity index (χ2v) is 6.32. The molecule has 0 aliphatic carbocycles. The zero-order valence-corrected chi connectivity index (χ0v) is 13.9. The lowest BCUT2D eigenvalue weighted by molar-refractivity contribution is 0.171. The van der Waals surface area contributed by atoms with Crippen LogP contribution < -0.4 is 14.8 Å². The molecule has 2 aromatic rings. The van der Waals surface area contributed by atoms with E-state index in [0.29, 0.717) is 37.7 Å². The number of urea groups is 1. The summed E-state index contributed by atoms with van der Waals surface area (Å²) >= 11 is 1.66. The summed E-state index contributed by atoms with van der Waals surface area (Å²) in [5.41, 5.74) is 0.714. The molecule has 0 unspecified atom stereocenters. The van der Waals surface area contributed by atoms with E-state index in [1.807, 2.05) is 40.6 Å². The highest BCUT2D eigenvalue weighted by Gasteiger charge is 2.16. The largest absolute Gasteiger partial charge is 0.486 e. The molecule has 2 amide bonds. The fourth-order valence-electron chi connectivity index (χ4n) is 2.44. The van der Waals surface area contributed by atoms with Crippen molar-refractivity contribution in [1.29, 1.82) is 0 Å². The van der Waals surface area contributed by atoms with Gasteiger partial charge in [-0.05, 0) is 30.0 Å². The molecular formula is C17H20N2O3S. The number of thiophene rings is 1. The summed E-state index contributed by atoms with van der Waals surface area (Å²) in [6.07, 6.45) is 0.917. The van der Waals surface area contributed by atoms with E-state index < -0.39 is 0 Å². The Labute approximate surface area is 139 Å². The minimum Gasteiger partial charge on any atom is -0.486 e. The first-order valence-corrected chi connectivity index (χ1v) is 8.62. The number of fused-ring (bicyclic) bond motifs is 1. The first kappa shape index (κ1) is 15.7. The molecule has 0 saturated heterocycles. The Kier molecular flexibility index (Phi) is 5.02. The van der Waals surface area contributed by atoms with Gasteiger partial charge in [0.1, 0.15) is 13.2 Å². The molecule has 0 spiro atoms. The molecular weight excluding hydrogens is 312 g/mol. The summed E-state index contributed by atoms with van der Waals surface area (Å²) in [7, 11) is 0. The van der Waals surface area contributed by atoms with Gasteiger partial charge in [-0.15, -0.1) is 11.3 Å². The third-order valence-electron chi connectivity index (χ3n) is 3.50. The zero-order valence-electron chi connectivity index (χ0n) is 13.1. The lowest BCUT2D eigenvalue weighted by atomic mass is 10.2. The van der Waals surface area contributed by atoms with E-state index in [2.05, 4.69) is 12.2 Å². The van der Waals surface area contributed by atoms with E-state index in [0.717, 1.165) is 12.2 Å². The van der Waals surface area contributed by atoms with Gasteiger partial charge in [-0.3, -0.25) is 0 Å². The van der Waals surface area contributed by atoms with Crippen molar-refractivity contribution >= 4 is 23.1 Å². The van der Waals surface area contributed by atoms with Crippen molar-refractivity contribution in [2.24, 2.45) is 0 Å². The van der Waals surface area contributed by atoms with Gasteiger partial charge in [0.15, 0.2) is 11.5 Å². The van der Waals surface area contributed by atoms with Gasteiger partial charge >= 0.3 is 6.03 Å². The van der Waals surface area contributed by atoms with Crippen LogP contribution in [0.4, 0.5) is 10.5 Å². The molecule has 1 aromatic heterocycles. The van der Waals surface area contributed by atoms with Crippen LogP contribution in [0.15, 0.2) is 35.7 Å². The standard InChI is InChI=1S/C17H20N2O3S/c1-2-7-19(12-14-4-3-10-23-14)17(20)18-13-5-6-15-16(11-13)22-9-8-21-15/h3-6,10-11H,2,7-9,12H2,1H3,(H,18,20). The van der Waals surface area contributed by atoms with E-state index >= 15 is 0 Å². The molecule has 23 heavy (non-hydrogen) atoms. The lowest BCUT2D eigenvalue weighted by Crippen LogP contribution is -2.34. The third kappa shape index (κ3) is 3.96. The monoisotopic (exact) mass is 332 g/mol. The number of carbonyl (C=O) groups is 1. The van der Waals surface area contributed by atoms with Gasteiger partial charge in [-0.25, -0.2) is 4.79 Å². The Morgan fingerprint density at radius 3 is 2.83 bits per heavy atom. The van der Waals surface area contributed by atoms with Gasteiger partial charge in [-0.1, -0.05) is 13.0 Å². The topological polar surface area (TPSA) is 50.8 Å². The molecule has 6 heteroatoms. The molecule has 0 fully saturated rings. The average Bonchev–Trinajstić information content (AvgIpc) is 3.07. The molecule has 1 aliphatic rings. The predicted octanol–water partition coefficient (Wildman–Crippen LogP) is 3.96. The highest BCUT2D eigenvalue weighted by Crippen LogP contribution is 2.32. The number of anilines is 1. The molecule has 0 radical (unpaired) electrons. The third-order valence-corrected chi connectivity index (χ3v) is 4.36. The van der Waals surface area contributed by atoms with Crippen molar-refractivity contribution in [1.82, 2.24) is 4.90 Å². The van der Waals surface area contributed by atoms with Crippen LogP contribution in [0.1, 0.15) is 18.2 Å². The maximum Gasteiger partial charge on any atom is 0.322 e. The maximum absolute atomic E-state index is 12.5. The van der Waals surface area contributed by atoms with Crippen LogP contribution in [0.25, 0.3) is 0 Å². The average molecular weight is 332 g/mol. The van der Waals surface area contributed by atoms with Crippen molar-refractivity contribution < 1.29 is 14.3 Å². The van der Waals surface area contributed by atoms with Crippen LogP contribution >= 0.6 is 11.3 Å². The van der Waals surface area contributed by atoms with Gasteiger partial charge in [0.05, 0.1) is 6.54 Å². The molecule has 1 aromatic carbocycles. The van der Waals surface area contributed by atoms with Crippen molar-refractivity contribution in [2.75, 3.05) is 25.1 Å². The summed E-state index contributed by atoms with van der Waals surface area (Å²) in [5, 5.41) is 4.97. The number of hydrogen-bond acceptors (Lipinski definition) is 4. The van der Waals surface area contributed by atoms with Crippen LogP contribution in [0.5, 0.6) is 11.5 Å². The van der Waals surface area contributed by atoms with Crippen molar-refractivity contribution in [3.05, 3.63) is 40.6 Å². The fourth-order valence-corrected chi connectivity index (χ4v) is 3.16. The van der Waals surface area contributed by atoms with Crippen molar-refractivity contribution in [2.45, 2.75) is 19.9 Å². The van der Waals surface area contributed by atoms with Crippen LogP contribution in [0, 0.1) is 0 Å². The van der Waals surface area contributed by atoms with Gasteiger partial charge < -0.3 is 19.7 Å². The minimum atomic E-state index is -0.100. The van der Waals surface area contributed by atoms with Gasteiger partial charge in [0.2, 0.25) is 0 Å². The van der Waals surface area contributed by atoms with Gasteiger partial charge in [0.25, 0.3) is 0 Å². The highest BCUT2D eigenvalue weighted by molar-refractivity contribution is 7.09. The zero-order chi connectivity index (χ0) is 16.1. The predicted molar refractivity (Wildman–Crippen MR) is 91.5 cm³/mol. The highest BCUT2D eigenvalue weighted by atomic mass is 32.1. The quantitative estimate of drug-likeness (QED) is 0.901. The second-order valence-electron chi connectivity index (χ2n) is 5.29. The number of nitrogens with zero attached hydrogens (tertiary/aromatic N) is 1. The van der Waals surface area contributed by atoms with Crippen molar-refractivity contribution in [3.8, 4) is 11.5 Å². The van der Waals surface area contributed by atoms with Crippen LogP contribution in [-0.2, 0) is 6.54 Å². The van der Waals surface area contributed by atoms with Gasteiger partial charge in [-0.2, -0.15) is 0 Å². The summed E-state index contributed by atoms with van der Waals surface area (Å²) < 4.78 is 11.0. The van der Waals surface area contributed by atoms with Crippen molar-refractivity contribution in [3.63, 3.8) is 0 Å². The number of nitrogens with one attached hydrogen (secondary N) is 1. The number of rotatable bonds is 5. The lowest BCUT2D eigenvalue weighted by Gasteiger charge is -2.23. The fraction of sp³-hybridized carbons (Fsp3) is 0.353. The van der Waals surface area contributed by atoms with E-state index in [4.69, 9.17) is 9.47 Å². The normalized spacial score (nSPS) is 12.7. The molecule has 2 heterocycles. The SMILES string of the molecule is CCCN(Cc1cccs1)C(=O)Nc1ccc2c(c1)OCCO2. The molecule has 0 bridgehead atoms. The summed E-state index contributed by atoms with van der Waals surface area (Å²) in [6, 6.07) is 9.42. The van der Waals surface area contributed by atoms with Crippen LogP contribution in [-0.4, -0.2) is 30.7 Å². The molecule has 5 nitrogen and oxygen atoms in total. The Balaban J connectivity index is 1.68. The molecule has 0 saturated carbocycles. The molecule has 0 atom stereocenters. The Morgan fingerprint density at radius 2 is 2.09 bits per heavy atom. The summed E-state index contributed by atoms with van der Waals surface area (Å²) in [6.45, 7) is 4.50. The Hall–Kier alpha value is -2.21. The van der Waals surface area contributed by atoms with Gasteiger partial charge in [0, 0.05) is 23.2 Å². The Bertz CT molecular complexity index is 658. The molecule has 1 N–H and O–H groups in total. The second kappa shape index (κ2) is 7.37. The number of ether oxygens (including phenoxy) is 2. The number of benzene rings is 1. The van der Waals surface area contributed by atoms with E-state index in [-0.39, 0.29) is 6.03 Å². The minimum absolute atomic E-state index is 0.100. The Morgan fingerprint density at radius 1 is 1.26 bits per heavy atom.